The molecular weight excluding hydrogens is 332 g/mol. The Morgan fingerprint density at radius 1 is 1.28 bits per heavy atom. The number of nitrogens with zero attached hydrogens (tertiary/aromatic N) is 1. The highest BCUT2D eigenvalue weighted by atomic mass is 32.2. The first kappa shape index (κ1) is 17.2. The maximum absolute atomic E-state index is 13.1. The number of ether oxygens (including phenoxy) is 1. The Morgan fingerprint density at radius 3 is 2.60 bits per heavy atom. The van der Waals surface area contributed by atoms with E-state index in [9.17, 15) is 4.79 Å². The van der Waals surface area contributed by atoms with E-state index in [1.807, 2.05) is 6.07 Å². The van der Waals surface area contributed by atoms with Gasteiger partial charge in [0, 0.05) is 35.0 Å². The first-order chi connectivity index (χ1) is 11.9. The zero-order chi connectivity index (χ0) is 17.8. The lowest BCUT2D eigenvalue weighted by molar-refractivity contribution is 0.0870. The van der Waals surface area contributed by atoms with Crippen LogP contribution in [0.25, 0.3) is 0 Å². The van der Waals surface area contributed by atoms with E-state index in [2.05, 4.69) is 43.4 Å². The van der Waals surface area contributed by atoms with Crippen molar-refractivity contribution in [1.29, 1.82) is 0 Å². The highest BCUT2D eigenvalue weighted by Gasteiger charge is 2.40. The van der Waals surface area contributed by atoms with Crippen LogP contribution in [0.4, 0.5) is 0 Å². The molecular formula is C20H28N2O2S. The van der Waals surface area contributed by atoms with E-state index in [1.165, 1.54) is 12.8 Å². The second kappa shape index (κ2) is 6.20. The summed E-state index contributed by atoms with van der Waals surface area (Å²) in [5.41, 5.74) is 1.63. The van der Waals surface area contributed by atoms with Gasteiger partial charge in [0.15, 0.2) is 0 Å². The third-order valence-electron chi connectivity index (χ3n) is 6.05. The molecule has 25 heavy (non-hydrogen) atoms. The van der Waals surface area contributed by atoms with Crippen LogP contribution in [0, 0.1) is 0 Å². The molecule has 3 heterocycles. The fourth-order valence-electron chi connectivity index (χ4n) is 4.76. The quantitative estimate of drug-likeness (QED) is 0.838. The van der Waals surface area contributed by atoms with Crippen molar-refractivity contribution in [3.63, 3.8) is 0 Å². The lowest BCUT2D eigenvalue weighted by Gasteiger charge is -2.36. The summed E-state index contributed by atoms with van der Waals surface area (Å²) >= 11 is 1.68. The molecule has 0 aliphatic carbocycles. The molecule has 5 heteroatoms. The van der Waals surface area contributed by atoms with Gasteiger partial charge in [0.2, 0.25) is 0 Å². The molecule has 1 aromatic rings. The van der Waals surface area contributed by atoms with Crippen molar-refractivity contribution in [2.24, 2.45) is 0 Å². The van der Waals surface area contributed by atoms with Gasteiger partial charge in [-0.3, -0.25) is 4.79 Å². The highest BCUT2D eigenvalue weighted by Crippen LogP contribution is 2.40. The van der Waals surface area contributed by atoms with Crippen molar-refractivity contribution in [3.8, 4) is 5.75 Å². The van der Waals surface area contributed by atoms with Gasteiger partial charge in [-0.05, 0) is 65.0 Å². The maximum Gasteiger partial charge on any atom is 0.255 e. The molecule has 4 rings (SSSR count). The van der Waals surface area contributed by atoms with Crippen LogP contribution in [0.5, 0.6) is 5.75 Å². The summed E-state index contributed by atoms with van der Waals surface area (Å²) in [6.45, 7) is 4.17. The summed E-state index contributed by atoms with van der Waals surface area (Å²) in [5, 5.41) is 3.31. The van der Waals surface area contributed by atoms with Gasteiger partial charge in [0.25, 0.3) is 5.91 Å². The molecule has 3 aliphatic rings. The average Bonchev–Trinajstić information content (AvgIpc) is 2.95. The molecule has 0 radical (unpaired) electrons. The normalized spacial score (nSPS) is 30.0. The average molecular weight is 361 g/mol. The van der Waals surface area contributed by atoms with Crippen LogP contribution in [0.1, 0.15) is 55.5 Å². The van der Waals surface area contributed by atoms with Gasteiger partial charge >= 0.3 is 0 Å². The smallest absolute Gasteiger partial charge is 0.255 e. The summed E-state index contributed by atoms with van der Waals surface area (Å²) in [7, 11) is 2.23. The number of hydrogen-bond donors (Lipinski definition) is 1. The molecule has 2 fully saturated rings. The number of carbonyl (C=O) groups is 1. The molecule has 2 bridgehead atoms. The fraction of sp³-hybridized carbons (Fsp3) is 0.650. The lowest BCUT2D eigenvalue weighted by Crippen LogP contribution is -2.48. The second-order valence-electron chi connectivity index (χ2n) is 8.39. The first-order valence-electron chi connectivity index (χ1n) is 9.29. The van der Waals surface area contributed by atoms with Crippen LogP contribution < -0.4 is 10.1 Å². The molecule has 1 N–H and O–H groups in total. The molecule has 2 atom stereocenters. The van der Waals surface area contributed by atoms with Gasteiger partial charge in [0.05, 0.1) is 5.56 Å². The molecule has 0 aromatic heterocycles. The van der Waals surface area contributed by atoms with E-state index in [0.29, 0.717) is 17.6 Å². The molecule has 3 aliphatic heterocycles. The standard InChI is InChI=1S/C20H28N2O2S/c1-20(2)11-12-7-16(25-4)10-17(18(12)24-20)19(23)21-13-8-14-5-6-15(9-13)22(14)3/h7,10,13-15H,5-6,8-9,11H2,1-4H3,(H,21,23). The first-order valence-corrected chi connectivity index (χ1v) is 10.5. The van der Waals surface area contributed by atoms with Crippen molar-refractivity contribution in [2.75, 3.05) is 13.3 Å². The fourth-order valence-corrected chi connectivity index (χ4v) is 5.26. The molecule has 2 unspecified atom stereocenters. The van der Waals surface area contributed by atoms with Crippen LogP contribution >= 0.6 is 11.8 Å². The number of nitrogens with one attached hydrogen (secondary N) is 1. The predicted molar refractivity (Wildman–Crippen MR) is 102 cm³/mol. The van der Waals surface area contributed by atoms with Gasteiger partial charge < -0.3 is 15.0 Å². The third kappa shape index (κ3) is 3.17. The van der Waals surface area contributed by atoms with Gasteiger partial charge in [-0.15, -0.1) is 11.8 Å². The van der Waals surface area contributed by atoms with Crippen LogP contribution in [-0.4, -0.2) is 47.8 Å². The largest absolute Gasteiger partial charge is 0.486 e. The molecule has 4 nitrogen and oxygen atoms in total. The third-order valence-corrected chi connectivity index (χ3v) is 6.75. The van der Waals surface area contributed by atoms with Crippen molar-refractivity contribution in [1.82, 2.24) is 10.2 Å². The molecule has 0 spiro atoms. The van der Waals surface area contributed by atoms with E-state index < -0.39 is 0 Å². The van der Waals surface area contributed by atoms with Gasteiger partial charge in [-0.2, -0.15) is 0 Å². The molecule has 1 amide bonds. The van der Waals surface area contributed by atoms with Crippen molar-refractivity contribution in [2.45, 2.75) is 74.6 Å². The predicted octanol–water partition coefficient (Wildman–Crippen LogP) is 3.48. The summed E-state index contributed by atoms with van der Waals surface area (Å²) < 4.78 is 6.13. The van der Waals surface area contributed by atoms with Crippen LogP contribution in [0.2, 0.25) is 0 Å². The van der Waals surface area contributed by atoms with Crippen molar-refractivity contribution < 1.29 is 9.53 Å². The number of rotatable bonds is 3. The number of benzene rings is 1. The Kier molecular flexibility index (Phi) is 4.27. The van der Waals surface area contributed by atoms with Gasteiger partial charge in [0.1, 0.15) is 11.4 Å². The highest BCUT2D eigenvalue weighted by molar-refractivity contribution is 7.98. The minimum atomic E-state index is -0.235. The van der Waals surface area contributed by atoms with E-state index in [1.54, 1.807) is 11.8 Å². The second-order valence-corrected chi connectivity index (χ2v) is 9.27. The SMILES string of the molecule is CSc1cc2c(c(C(=O)NC3CC4CCC(C3)N4C)c1)OC(C)(C)C2. The number of amides is 1. The molecule has 0 saturated carbocycles. The number of hydrogen-bond acceptors (Lipinski definition) is 4. The van der Waals surface area contributed by atoms with Crippen LogP contribution in [-0.2, 0) is 6.42 Å². The Hall–Kier alpha value is -1.20. The van der Waals surface area contributed by atoms with Crippen molar-refractivity contribution >= 4 is 17.7 Å². The van der Waals surface area contributed by atoms with Crippen molar-refractivity contribution in [3.05, 3.63) is 23.3 Å². The molecule has 1 aromatic carbocycles. The topological polar surface area (TPSA) is 41.6 Å². The Balaban J connectivity index is 1.56. The van der Waals surface area contributed by atoms with Crippen LogP contribution in [0.3, 0.4) is 0 Å². The van der Waals surface area contributed by atoms with Gasteiger partial charge in [-0.1, -0.05) is 0 Å². The van der Waals surface area contributed by atoms with Crippen LogP contribution in [0.15, 0.2) is 17.0 Å². The van der Waals surface area contributed by atoms with Gasteiger partial charge in [-0.25, -0.2) is 0 Å². The number of carbonyl (C=O) groups excluding carboxylic acids is 1. The Bertz CT molecular complexity index is 689. The number of fused-ring (bicyclic) bond motifs is 3. The Labute approximate surface area is 154 Å². The lowest BCUT2D eigenvalue weighted by atomic mass is 9.97. The molecule has 2 saturated heterocycles. The monoisotopic (exact) mass is 360 g/mol. The Morgan fingerprint density at radius 2 is 1.96 bits per heavy atom. The minimum absolute atomic E-state index is 0.0267. The number of piperidine rings is 1. The number of thioether (sulfide) groups is 1. The van der Waals surface area contributed by atoms with E-state index in [-0.39, 0.29) is 17.6 Å². The zero-order valence-corrected chi connectivity index (χ0v) is 16.4. The summed E-state index contributed by atoms with van der Waals surface area (Å²) in [6, 6.07) is 5.69. The summed E-state index contributed by atoms with van der Waals surface area (Å²) in [5.74, 6) is 0.815. The van der Waals surface area contributed by atoms with E-state index >= 15 is 0 Å². The summed E-state index contributed by atoms with van der Waals surface area (Å²) in [6.07, 6.45) is 7.57. The van der Waals surface area contributed by atoms with E-state index in [4.69, 9.17) is 4.74 Å². The minimum Gasteiger partial charge on any atom is -0.486 e. The maximum atomic E-state index is 13.1. The zero-order valence-electron chi connectivity index (χ0n) is 15.6. The van der Waals surface area contributed by atoms with E-state index in [0.717, 1.165) is 35.5 Å². The summed E-state index contributed by atoms with van der Waals surface area (Å²) in [4.78, 5) is 16.7. The molecule has 136 valence electrons.